The topological polar surface area (TPSA) is 62.7 Å². The third-order valence-corrected chi connectivity index (χ3v) is 8.63. The van der Waals surface area contributed by atoms with E-state index < -0.39 is 0 Å². The first-order valence-corrected chi connectivity index (χ1v) is 14.1. The van der Waals surface area contributed by atoms with Crippen molar-refractivity contribution in [1.29, 1.82) is 0 Å². The third kappa shape index (κ3) is 3.92. The molecule has 1 saturated heterocycles. The molecule has 1 aliphatic heterocycles. The second-order valence-corrected chi connectivity index (χ2v) is 11.0. The summed E-state index contributed by atoms with van der Waals surface area (Å²) in [6.45, 7) is 3.47. The maximum Gasteiger partial charge on any atom is 0.151 e. The van der Waals surface area contributed by atoms with Gasteiger partial charge in [-0.25, -0.2) is 9.07 Å². The molecule has 1 fully saturated rings. The summed E-state index contributed by atoms with van der Waals surface area (Å²) in [6, 6.07) is 12.4. The number of nitrogens with zero attached hydrogens (tertiary/aromatic N) is 6. The highest BCUT2D eigenvalue weighted by Gasteiger charge is 2.32. The summed E-state index contributed by atoms with van der Waals surface area (Å²) in [5, 5.41) is 15.1. The number of fused-ring (bicyclic) bond motifs is 5. The van der Waals surface area contributed by atoms with E-state index in [4.69, 9.17) is 4.74 Å². The minimum Gasteiger partial charge on any atom is -0.381 e. The molecule has 1 atom stereocenters. The van der Waals surface area contributed by atoms with Crippen LogP contribution in [0.4, 0.5) is 4.39 Å². The van der Waals surface area contributed by atoms with Crippen molar-refractivity contribution >= 4 is 33.5 Å². The molecular formula is C32H33FN6O. The van der Waals surface area contributed by atoms with E-state index in [-0.39, 0.29) is 11.9 Å². The van der Waals surface area contributed by atoms with Gasteiger partial charge in [0.1, 0.15) is 5.52 Å². The van der Waals surface area contributed by atoms with Crippen LogP contribution >= 0.6 is 0 Å². The number of allylic oxidation sites excluding steroid dienone is 3. The Labute approximate surface area is 232 Å². The zero-order valence-electron chi connectivity index (χ0n) is 23.1. The summed E-state index contributed by atoms with van der Waals surface area (Å²) in [5.41, 5.74) is 7.96. The van der Waals surface area contributed by atoms with Crippen molar-refractivity contribution < 1.29 is 9.13 Å². The molecule has 0 bridgehead atoms. The number of hydrogen-bond acceptors (Lipinski definition) is 4. The number of ether oxygens (including phenoxy) is 1. The van der Waals surface area contributed by atoms with E-state index in [1.165, 1.54) is 11.1 Å². The lowest BCUT2D eigenvalue weighted by Gasteiger charge is -2.33. The van der Waals surface area contributed by atoms with Crippen LogP contribution < -0.4 is 0 Å². The molecule has 7 rings (SSSR count). The first-order valence-electron chi connectivity index (χ1n) is 14.1. The van der Waals surface area contributed by atoms with Crippen molar-refractivity contribution in [2.24, 2.45) is 20.0 Å². The summed E-state index contributed by atoms with van der Waals surface area (Å²) in [7, 11) is 3.74. The van der Waals surface area contributed by atoms with Crippen LogP contribution in [0.5, 0.6) is 0 Å². The van der Waals surface area contributed by atoms with Crippen LogP contribution in [0.25, 0.3) is 33.5 Å². The summed E-state index contributed by atoms with van der Waals surface area (Å²) in [4.78, 5) is 0. The Morgan fingerprint density at radius 1 is 1.07 bits per heavy atom. The molecule has 1 aliphatic carbocycles. The Bertz CT molecular complexity index is 1770. The molecule has 2 aliphatic rings. The van der Waals surface area contributed by atoms with Gasteiger partial charge in [0.2, 0.25) is 0 Å². The Morgan fingerprint density at radius 3 is 2.62 bits per heavy atom. The van der Waals surface area contributed by atoms with Gasteiger partial charge in [0.15, 0.2) is 5.82 Å². The Morgan fingerprint density at radius 2 is 1.88 bits per heavy atom. The van der Waals surface area contributed by atoms with Crippen LogP contribution in [0.2, 0.25) is 0 Å². The Kier molecular flexibility index (Phi) is 6.15. The molecule has 5 aromatic rings. The Hall–Kier alpha value is -4.04. The van der Waals surface area contributed by atoms with Crippen LogP contribution in [0.15, 0.2) is 54.7 Å². The lowest BCUT2D eigenvalue weighted by molar-refractivity contribution is 0.0547. The minimum atomic E-state index is -0.248. The maximum atomic E-state index is 15.9. The van der Waals surface area contributed by atoms with E-state index in [0.29, 0.717) is 11.4 Å². The first kappa shape index (κ1) is 25.0. The third-order valence-electron chi connectivity index (χ3n) is 8.63. The van der Waals surface area contributed by atoms with Gasteiger partial charge in [-0.1, -0.05) is 47.7 Å². The van der Waals surface area contributed by atoms with E-state index in [2.05, 4.69) is 68.5 Å². The smallest absolute Gasteiger partial charge is 0.151 e. The van der Waals surface area contributed by atoms with Crippen molar-refractivity contribution in [2.75, 3.05) is 13.2 Å². The largest absolute Gasteiger partial charge is 0.381 e. The van der Waals surface area contributed by atoms with E-state index in [1.54, 1.807) is 10.7 Å². The second kappa shape index (κ2) is 9.86. The Balaban J connectivity index is 1.61. The van der Waals surface area contributed by atoms with E-state index >= 15 is 4.39 Å². The van der Waals surface area contributed by atoms with Gasteiger partial charge < -0.3 is 9.30 Å². The zero-order valence-corrected chi connectivity index (χ0v) is 23.1. The zero-order chi connectivity index (χ0) is 27.4. The standard InChI is InChI=1S/C32H33FN6O/c1-20-30(38(3)36-35-20)23-11-7-8-12-24-27(17-23)39(28-18-26(33)32-25(29(24)28)19-34-37(32)2)31(21-9-5-4-6-10-21)22-13-15-40-16-14-22/h4-7,9-11,17-19,22,31H,8,12-16H2,1-3H3/t31-/m1/s1. The molecule has 0 unspecified atom stereocenters. The van der Waals surface area contributed by atoms with Gasteiger partial charge in [0.05, 0.1) is 29.1 Å². The molecule has 0 N–H and O–H groups in total. The van der Waals surface area contributed by atoms with E-state index in [1.807, 2.05) is 31.9 Å². The summed E-state index contributed by atoms with van der Waals surface area (Å²) in [6.07, 6.45) is 12.1. The number of rotatable bonds is 4. The van der Waals surface area contributed by atoms with Gasteiger partial charge in [-0.15, -0.1) is 5.10 Å². The normalized spacial score (nSPS) is 17.1. The minimum absolute atomic E-state index is 0.0246. The van der Waals surface area contributed by atoms with Crippen LogP contribution in [0.3, 0.4) is 0 Å². The average molecular weight is 537 g/mol. The molecule has 2 aromatic carbocycles. The fourth-order valence-electron chi connectivity index (χ4n) is 6.87. The van der Waals surface area contributed by atoms with Crippen molar-refractivity contribution in [1.82, 2.24) is 29.3 Å². The quantitative estimate of drug-likeness (QED) is 0.276. The van der Waals surface area contributed by atoms with E-state index in [9.17, 15) is 0 Å². The molecule has 40 heavy (non-hydrogen) atoms. The summed E-state index contributed by atoms with van der Waals surface area (Å²) in [5.74, 6) is 0.100. The van der Waals surface area contributed by atoms with Crippen molar-refractivity contribution in [3.63, 3.8) is 0 Å². The lowest BCUT2D eigenvalue weighted by Crippen LogP contribution is -2.27. The summed E-state index contributed by atoms with van der Waals surface area (Å²) < 4.78 is 27.6. The average Bonchev–Trinajstić information content (AvgIpc) is 3.59. The number of benzene rings is 2. The van der Waals surface area contributed by atoms with E-state index in [0.717, 1.165) is 77.8 Å². The maximum absolute atomic E-state index is 15.9. The molecule has 8 heteroatoms. The van der Waals surface area contributed by atoms with Crippen LogP contribution in [0.1, 0.15) is 53.5 Å². The second-order valence-electron chi connectivity index (χ2n) is 11.0. The van der Waals surface area contributed by atoms with Gasteiger partial charge in [-0.05, 0) is 55.7 Å². The molecular weight excluding hydrogens is 503 g/mol. The molecule has 7 nitrogen and oxygen atoms in total. The van der Waals surface area contributed by atoms with Crippen LogP contribution in [0, 0.1) is 18.7 Å². The molecule has 0 spiro atoms. The first-order chi connectivity index (χ1) is 19.5. The van der Waals surface area contributed by atoms with Gasteiger partial charge in [0, 0.05) is 55.4 Å². The van der Waals surface area contributed by atoms with Gasteiger partial charge in [-0.3, -0.25) is 4.68 Å². The fourth-order valence-corrected chi connectivity index (χ4v) is 6.87. The highest BCUT2D eigenvalue weighted by molar-refractivity contribution is 6.10. The van der Waals surface area contributed by atoms with Crippen molar-refractivity contribution in [3.8, 4) is 0 Å². The highest BCUT2D eigenvalue weighted by atomic mass is 19.1. The molecule has 0 amide bonds. The monoisotopic (exact) mass is 536 g/mol. The fraction of sp³-hybridized carbons (Fsp3) is 0.344. The van der Waals surface area contributed by atoms with Gasteiger partial charge in [0.25, 0.3) is 0 Å². The number of hydrogen-bond donors (Lipinski definition) is 0. The molecule has 0 saturated carbocycles. The van der Waals surface area contributed by atoms with Gasteiger partial charge >= 0.3 is 0 Å². The predicted octanol–water partition coefficient (Wildman–Crippen LogP) is 6.16. The highest BCUT2D eigenvalue weighted by Crippen LogP contribution is 2.44. The molecule has 0 radical (unpaired) electrons. The van der Waals surface area contributed by atoms with Crippen molar-refractivity contribution in [2.45, 2.75) is 38.6 Å². The van der Waals surface area contributed by atoms with Crippen molar-refractivity contribution in [3.05, 3.63) is 88.8 Å². The number of halogens is 1. The number of aromatic nitrogens is 6. The summed E-state index contributed by atoms with van der Waals surface area (Å²) >= 11 is 0. The molecule has 3 aromatic heterocycles. The number of aryl methyl sites for hydroxylation is 4. The van der Waals surface area contributed by atoms with Gasteiger partial charge in [-0.2, -0.15) is 5.10 Å². The predicted molar refractivity (Wildman–Crippen MR) is 155 cm³/mol. The van der Waals surface area contributed by atoms with Crippen LogP contribution in [-0.4, -0.2) is 42.6 Å². The lowest BCUT2D eigenvalue weighted by atomic mass is 9.86. The molecule has 204 valence electrons. The van der Waals surface area contributed by atoms with Crippen LogP contribution in [-0.2, 0) is 25.3 Å². The SMILES string of the molecule is Cc1nnn(C)c1C1=Cc2c(c3c4cnn(C)c4c(F)cc3n2[C@H](c2ccccc2)C2CCOCC2)CCC=C1. The molecule has 4 heterocycles.